The molecule has 0 spiro atoms. The topological polar surface area (TPSA) is 35.5 Å². The van der Waals surface area contributed by atoms with Gasteiger partial charge in [-0.25, -0.2) is 0 Å². The Labute approximate surface area is 142 Å². The predicted molar refractivity (Wildman–Crippen MR) is 95.9 cm³/mol. The molecule has 0 bridgehead atoms. The first-order valence-electron chi connectivity index (χ1n) is 8.37. The lowest BCUT2D eigenvalue weighted by Crippen LogP contribution is -1.99. The van der Waals surface area contributed by atoms with E-state index in [9.17, 15) is 4.79 Å². The number of ether oxygens (including phenoxy) is 2. The molecular formula is C21H22O3. The Bertz CT molecular complexity index is 774. The van der Waals surface area contributed by atoms with Crippen LogP contribution in [0.1, 0.15) is 41.3 Å². The summed E-state index contributed by atoms with van der Waals surface area (Å²) in [5.41, 5.74) is 3.68. The minimum absolute atomic E-state index is 0.118. The Hall–Kier alpha value is -2.55. The third kappa shape index (κ3) is 3.35. The molecule has 0 unspecified atom stereocenters. The van der Waals surface area contributed by atoms with Crippen molar-refractivity contribution >= 4 is 11.9 Å². The van der Waals surface area contributed by atoms with Gasteiger partial charge in [-0.2, -0.15) is 0 Å². The predicted octanol–water partition coefficient (Wildman–Crippen LogP) is 4.70. The van der Waals surface area contributed by atoms with Gasteiger partial charge in [0.1, 0.15) is 0 Å². The quantitative estimate of drug-likeness (QED) is 0.571. The molecular weight excluding hydrogens is 300 g/mol. The number of rotatable bonds is 6. The Morgan fingerprint density at radius 2 is 1.96 bits per heavy atom. The average molecular weight is 322 g/mol. The van der Waals surface area contributed by atoms with Gasteiger partial charge in [0.2, 0.25) is 0 Å². The van der Waals surface area contributed by atoms with Crippen LogP contribution in [0.3, 0.4) is 0 Å². The highest BCUT2D eigenvalue weighted by Crippen LogP contribution is 2.31. The van der Waals surface area contributed by atoms with Crippen LogP contribution < -0.4 is 9.47 Å². The first kappa shape index (κ1) is 16.3. The van der Waals surface area contributed by atoms with Gasteiger partial charge in [0, 0.05) is 17.6 Å². The first-order valence-corrected chi connectivity index (χ1v) is 8.37. The van der Waals surface area contributed by atoms with Crippen LogP contribution in [0.25, 0.3) is 6.08 Å². The second kappa shape index (κ2) is 7.35. The van der Waals surface area contributed by atoms with Gasteiger partial charge in [-0.3, -0.25) is 4.79 Å². The molecule has 2 aromatic rings. The molecule has 0 aliphatic heterocycles. The summed E-state index contributed by atoms with van der Waals surface area (Å²) in [5.74, 6) is 1.56. The number of fused-ring (bicyclic) bond motifs is 1. The highest BCUT2D eigenvalue weighted by Gasteiger charge is 2.23. The third-order valence-electron chi connectivity index (χ3n) is 4.22. The van der Waals surface area contributed by atoms with E-state index < -0.39 is 0 Å². The molecule has 0 saturated heterocycles. The zero-order valence-electron chi connectivity index (χ0n) is 14.2. The van der Waals surface area contributed by atoms with E-state index in [4.69, 9.17) is 9.47 Å². The van der Waals surface area contributed by atoms with Crippen molar-refractivity contribution in [3.63, 3.8) is 0 Å². The fraction of sp³-hybridized carbons (Fsp3) is 0.286. The maximum atomic E-state index is 12.5. The summed E-state index contributed by atoms with van der Waals surface area (Å²) in [6, 6.07) is 13.6. The Morgan fingerprint density at radius 1 is 1.12 bits per heavy atom. The molecule has 3 heteroatoms. The van der Waals surface area contributed by atoms with Crippen molar-refractivity contribution in [1.82, 2.24) is 0 Å². The number of methoxy groups -OCH3 is 1. The molecule has 1 aliphatic carbocycles. The first-order chi connectivity index (χ1) is 11.7. The fourth-order valence-electron chi connectivity index (χ4n) is 2.89. The largest absolute Gasteiger partial charge is 0.493 e. The van der Waals surface area contributed by atoms with Crippen molar-refractivity contribution in [2.45, 2.75) is 26.2 Å². The van der Waals surface area contributed by atoms with Crippen LogP contribution in [0, 0.1) is 0 Å². The number of carbonyl (C=O) groups is 1. The zero-order chi connectivity index (χ0) is 16.9. The summed E-state index contributed by atoms with van der Waals surface area (Å²) in [6.45, 7) is 2.81. The molecule has 0 aromatic heterocycles. The number of benzene rings is 2. The molecule has 1 aliphatic rings. The molecule has 0 heterocycles. The number of hydrogen-bond acceptors (Lipinski definition) is 3. The van der Waals surface area contributed by atoms with Crippen LogP contribution in [0.4, 0.5) is 0 Å². The lowest BCUT2D eigenvalue weighted by molar-refractivity contribution is 0.104. The molecule has 3 rings (SSSR count). The molecule has 124 valence electrons. The lowest BCUT2D eigenvalue weighted by atomic mass is 10.1. The van der Waals surface area contributed by atoms with Gasteiger partial charge in [0.05, 0.1) is 13.7 Å². The van der Waals surface area contributed by atoms with Crippen molar-refractivity contribution in [3.05, 3.63) is 64.7 Å². The number of hydrogen-bond donors (Lipinski definition) is 0. The summed E-state index contributed by atoms with van der Waals surface area (Å²) >= 11 is 0. The highest BCUT2D eigenvalue weighted by molar-refractivity contribution is 6.15. The van der Waals surface area contributed by atoms with Crippen LogP contribution in [0.5, 0.6) is 11.5 Å². The van der Waals surface area contributed by atoms with Gasteiger partial charge in [-0.15, -0.1) is 0 Å². The van der Waals surface area contributed by atoms with Gasteiger partial charge in [0.25, 0.3) is 0 Å². The van der Waals surface area contributed by atoms with Crippen molar-refractivity contribution in [1.29, 1.82) is 0 Å². The van der Waals surface area contributed by atoms with Crippen LogP contribution >= 0.6 is 0 Å². The number of Topliss-reactive ketones (excluding diaryl/α,β-unsaturated/α-hetero) is 1. The normalized spacial score (nSPS) is 14.8. The van der Waals surface area contributed by atoms with Gasteiger partial charge < -0.3 is 9.47 Å². The standard InChI is InChI=1S/C21H22O3/c1-3-4-11-24-19-10-9-15(13-20(19)23-2)12-17-14-16-7-5-6-8-18(16)21(17)22/h5-10,12-13H,3-4,11,14H2,1-2H3/b17-12-. The zero-order valence-corrected chi connectivity index (χ0v) is 14.2. The molecule has 2 aromatic carbocycles. The minimum atomic E-state index is 0.118. The maximum absolute atomic E-state index is 12.5. The van der Waals surface area contributed by atoms with Crippen molar-refractivity contribution in [2.24, 2.45) is 0 Å². The summed E-state index contributed by atoms with van der Waals surface area (Å²) < 4.78 is 11.2. The monoisotopic (exact) mass is 322 g/mol. The number of allylic oxidation sites excluding steroid dienone is 1. The van der Waals surface area contributed by atoms with E-state index in [1.807, 2.05) is 48.5 Å². The lowest BCUT2D eigenvalue weighted by Gasteiger charge is -2.11. The van der Waals surface area contributed by atoms with E-state index in [1.54, 1.807) is 7.11 Å². The van der Waals surface area contributed by atoms with Crippen LogP contribution in [0.2, 0.25) is 0 Å². The average Bonchev–Trinajstić information content (AvgIpc) is 2.92. The van der Waals surface area contributed by atoms with Crippen LogP contribution in [-0.2, 0) is 6.42 Å². The third-order valence-corrected chi connectivity index (χ3v) is 4.22. The second-order valence-electron chi connectivity index (χ2n) is 5.94. The van der Waals surface area contributed by atoms with E-state index >= 15 is 0 Å². The molecule has 0 amide bonds. The van der Waals surface area contributed by atoms with Gasteiger partial charge >= 0.3 is 0 Å². The van der Waals surface area contributed by atoms with Gasteiger partial charge in [-0.1, -0.05) is 43.7 Å². The second-order valence-corrected chi connectivity index (χ2v) is 5.94. The Balaban J connectivity index is 1.82. The molecule has 0 saturated carbocycles. The fourth-order valence-corrected chi connectivity index (χ4v) is 2.89. The van der Waals surface area contributed by atoms with Crippen molar-refractivity contribution < 1.29 is 14.3 Å². The smallest absolute Gasteiger partial charge is 0.189 e. The van der Waals surface area contributed by atoms with Crippen LogP contribution in [0.15, 0.2) is 48.0 Å². The number of unbranched alkanes of at least 4 members (excludes halogenated alkanes) is 1. The summed E-state index contributed by atoms with van der Waals surface area (Å²) in [7, 11) is 1.63. The van der Waals surface area contributed by atoms with Crippen molar-refractivity contribution in [2.75, 3.05) is 13.7 Å². The van der Waals surface area contributed by atoms with E-state index in [-0.39, 0.29) is 5.78 Å². The number of ketones is 1. The van der Waals surface area contributed by atoms with Gasteiger partial charge in [-0.05, 0) is 35.8 Å². The van der Waals surface area contributed by atoms with E-state index in [2.05, 4.69) is 6.92 Å². The molecule has 0 N–H and O–H groups in total. The molecule has 3 nitrogen and oxygen atoms in total. The molecule has 0 fully saturated rings. The van der Waals surface area contributed by atoms with Gasteiger partial charge in [0.15, 0.2) is 17.3 Å². The summed E-state index contributed by atoms with van der Waals surface area (Å²) in [4.78, 5) is 12.5. The Morgan fingerprint density at radius 3 is 2.71 bits per heavy atom. The molecule has 0 radical (unpaired) electrons. The number of carbonyl (C=O) groups excluding carboxylic acids is 1. The molecule has 0 atom stereocenters. The van der Waals surface area contributed by atoms with E-state index in [0.29, 0.717) is 18.8 Å². The summed E-state index contributed by atoms with van der Waals surface area (Å²) in [6.07, 6.45) is 4.74. The molecule has 24 heavy (non-hydrogen) atoms. The van der Waals surface area contributed by atoms with Crippen molar-refractivity contribution in [3.8, 4) is 11.5 Å². The SMILES string of the molecule is CCCCOc1ccc(/C=C2/Cc3ccccc3C2=O)cc1OC. The maximum Gasteiger partial charge on any atom is 0.189 e. The van der Waals surface area contributed by atoms with E-state index in [1.165, 1.54) is 0 Å². The summed E-state index contributed by atoms with van der Waals surface area (Å²) in [5, 5.41) is 0. The highest BCUT2D eigenvalue weighted by atomic mass is 16.5. The minimum Gasteiger partial charge on any atom is -0.493 e. The van der Waals surface area contributed by atoms with E-state index in [0.717, 1.165) is 40.9 Å². The Kier molecular flexibility index (Phi) is 4.99. The van der Waals surface area contributed by atoms with Crippen LogP contribution in [-0.4, -0.2) is 19.5 Å².